The van der Waals surface area contributed by atoms with Crippen LogP contribution in [0.4, 0.5) is 4.79 Å². The predicted octanol–water partition coefficient (Wildman–Crippen LogP) is 1.62. The van der Waals surface area contributed by atoms with E-state index < -0.39 is 0 Å². The zero-order chi connectivity index (χ0) is 11.8. The van der Waals surface area contributed by atoms with Gasteiger partial charge in [0.2, 0.25) is 0 Å². The Hall–Kier alpha value is -0.770. The molecule has 0 aromatic carbocycles. The van der Waals surface area contributed by atoms with Crippen molar-refractivity contribution in [2.45, 2.75) is 38.5 Å². The van der Waals surface area contributed by atoms with Crippen molar-refractivity contribution in [1.82, 2.24) is 10.7 Å². The molecule has 4 nitrogen and oxygen atoms in total. The summed E-state index contributed by atoms with van der Waals surface area (Å²) in [6.07, 6.45) is 8.48. The maximum atomic E-state index is 11.0. The highest BCUT2D eigenvalue weighted by Crippen LogP contribution is 2.57. The van der Waals surface area contributed by atoms with Gasteiger partial charge in [-0.3, -0.25) is 5.43 Å². The van der Waals surface area contributed by atoms with E-state index in [-0.39, 0.29) is 6.03 Å². The monoisotopic (exact) mass is 237 g/mol. The number of hydrogen-bond donors (Lipinski definition) is 3. The Labute approximate surface area is 103 Å². The van der Waals surface area contributed by atoms with Crippen molar-refractivity contribution in [3.05, 3.63) is 0 Å². The minimum atomic E-state index is -0.256. The SMILES string of the molecule is NNC(=O)NCCC1C2CC3CC(C2)CC1C3. The average molecular weight is 237 g/mol. The fraction of sp³-hybridized carbons (Fsp3) is 0.923. The quantitative estimate of drug-likeness (QED) is 0.397. The molecule has 0 aromatic heterocycles. The highest BCUT2D eigenvalue weighted by Gasteiger charge is 2.47. The number of urea groups is 1. The summed E-state index contributed by atoms with van der Waals surface area (Å²) in [5.74, 6) is 9.88. The van der Waals surface area contributed by atoms with Gasteiger partial charge in [0.15, 0.2) is 0 Å². The Morgan fingerprint density at radius 2 is 1.65 bits per heavy atom. The van der Waals surface area contributed by atoms with E-state index in [1.54, 1.807) is 0 Å². The molecular weight excluding hydrogens is 214 g/mol. The second-order valence-electron chi connectivity index (χ2n) is 6.28. The molecule has 0 spiro atoms. The van der Waals surface area contributed by atoms with Crippen LogP contribution in [0, 0.1) is 29.6 Å². The van der Waals surface area contributed by atoms with Crippen LogP contribution >= 0.6 is 0 Å². The van der Waals surface area contributed by atoms with Crippen molar-refractivity contribution < 1.29 is 4.79 Å². The van der Waals surface area contributed by atoms with Gasteiger partial charge in [-0.25, -0.2) is 10.6 Å². The molecule has 4 aliphatic carbocycles. The number of rotatable bonds is 3. The molecule has 0 aliphatic heterocycles. The number of amides is 2. The lowest BCUT2D eigenvalue weighted by Gasteiger charge is -2.54. The molecule has 0 aromatic rings. The van der Waals surface area contributed by atoms with Gasteiger partial charge in [0.05, 0.1) is 0 Å². The molecule has 0 radical (unpaired) electrons. The average Bonchev–Trinajstić information content (AvgIpc) is 2.31. The van der Waals surface area contributed by atoms with E-state index in [0.29, 0.717) is 0 Å². The first-order valence-corrected chi connectivity index (χ1v) is 7.00. The topological polar surface area (TPSA) is 67.1 Å². The van der Waals surface area contributed by atoms with Crippen LogP contribution in [0.25, 0.3) is 0 Å². The fourth-order valence-corrected chi connectivity index (χ4v) is 4.91. The number of nitrogens with one attached hydrogen (secondary N) is 2. The molecule has 4 bridgehead atoms. The second-order valence-corrected chi connectivity index (χ2v) is 6.28. The number of hydrogen-bond acceptors (Lipinski definition) is 2. The van der Waals surface area contributed by atoms with Crippen molar-refractivity contribution in [3.8, 4) is 0 Å². The van der Waals surface area contributed by atoms with Gasteiger partial charge in [-0.2, -0.15) is 0 Å². The highest BCUT2D eigenvalue weighted by atomic mass is 16.2. The Balaban J connectivity index is 1.52. The molecule has 4 heteroatoms. The third kappa shape index (κ3) is 2.15. The van der Waals surface area contributed by atoms with Crippen molar-refractivity contribution in [2.24, 2.45) is 35.4 Å². The minimum absolute atomic E-state index is 0.256. The molecule has 96 valence electrons. The van der Waals surface area contributed by atoms with E-state index in [0.717, 1.165) is 42.6 Å². The van der Waals surface area contributed by atoms with E-state index in [2.05, 4.69) is 10.7 Å². The molecule has 4 saturated carbocycles. The Morgan fingerprint density at radius 3 is 2.18 bits per heavy atom. The molecular formula is C13H23N3O. The second kappa shape index (κ2) is 4.48. The van der Waals surface area contributed by atoms with Gasteiger partial charge >= 0.3 is 6.03 Å². The summed E-state index contributed by atoms with van der Waals surface area (Å²) in [5.41, 5.74) is 2.12. The molecule has 4 aliphatic rings. The summed E-state index contributed by atoms with van der Waals surface area (Å²) in [6.45, 7) is 0.774. The van der Waals surface area contributed by atoms with Gasteiger partial charge < -0.3 is 5.32 Å². The summed E-state index contributed by atoms with van der Waals surface area (Å²) >= 11 is 0. The van der Waals surface area contributed by atoms with E-state index >= 15 is 0 Å². The van der Waals surface area contributed by atoms with E-state index in [9.17, 15) is 4.79 Å². The Bertz CT molecular complexity index is 277. The lowest BCUT2D eigenvalue weighted by atomic mass is 9.51. The van der Waals surface area contributed by atoms with Crippen molar-refractivity contribution in [1.29, 1.82) is 0 Å². The number of nitrogens with two attached hydrogens (primary N) is 1. The molecule has 0 unspecified atom stereocenters. The van der Waals surface area contributed by atoms with Crippen LogP contribution in [0.1, 0.15) is 38.5 Å². The lowest BCUT2D eigenvalue weighted by Crippen LogP contribution is -2.46. The standard InChI is InChI=1S/C13H23N3O/c14-16-13(17)15-2-1-12-10-4-8-3-9(6-10)7-11(12)5-8/h8-12H,1-7,14H2,(H2,15,16,17). The molecule has 4 fully saturated rings. The third-order valence-electron chi connectivity index (χ3n) is 5.32. The summed E-state index contributed by atoms with van der Waals surface area (Å²) in [7, 11) is 0. The summed E-state index contributed by atoms with van der Waals surface area (Å²) < 4.78 is 0. The first-order valence-electron chi connectivity index (χ1n) is 7.00. The van der Waals surface area contributed by atoms with Gasteiger partial charge in [-0.15, -0.1) is 0 Å². The number of carbonyl (C=O) groups is 1. The minimum Gasteiger partial charge on any atom is -0.337 e. The lowest BCUT2D eigenvalue weighted by molar-refractivity contribution is -0.0390. The third-order valence-corrected chi connectivity index (χ3v) is 5.32. The fourth-order valence-electron chi connectivity index (χ4n) is 4.91. The van der Waals surface area contributed by atoms with Crippen LogP contribution in [0.5, 0.6) is 0 Å². The van der Waals surface area contributed by atoms with Crippen LogP contribution in [0.3, 0.4) is 0 Å². The number of carbonyl (C=O) groups excluding carboxylic acids is 1. The zero-order valence-corrected chi connectivity index (χ0v) is 10.3. The van der Waals surface area contributed by atoms with Gasteiger partial charge in [0.1, 0.15) is 0 Å². The van der Waals surface area contributed by atoms with Gasteiger partial charge in [-0.1, -0.05) is 0 Å². The van der Waals surface area contributed by atoms with Gasteiger partial charge in [0, 0.05) is 6.54 Å². The van der Waals surface area contributed by atoms with Crippen LogP contribution in [-0.2, 0) is 0 Å². The zero-order valence-electron chi connectivity index (χ0n) is 10.3. The van der Waals surface area contributed by atoms with Gasteiger partial charge in [0.25, 0.3) is 0 Å². The van der Waals surface area contributed by atoms with E-state index in [4.69, 9.17) is 5.84 Å². The largest absolute Gasteiger partial charge is 0.337 e. The molecule has 4 N–H and O–H groups in total. The van der Waals surface area contributed by atoms with Crippen molar-refractivity contribution in [3.63, 3.8) is 0 Å². The van der Waals surface area contributed by atoms with Crippen LogP contribution in [-0.4, -0.2) is 12.6 Å². The molecule has 0 atom stereocenters. The summed E-state index contributed by atoms with van der Waals surface area (Å²) in [4.78, 5) is 11.0. The maximum Gasteiger partial charge on any atom is 0.328 e. The summed E-state index contributed by atoms with van der Waals surface area (Å²) in [5, 5.41) is 2.82. The van der Waals surface area contributed by atoms with Crippen molar-refractivity contribution in [2.75, 3.05) is 6.54 Å². The summed E-state index contributed by atoms with van der Waals surface area (Å²) in [6, 6.07) is -0.256. The van der Waals surface area contributed by atoms with Gasteiger partial charge in [-0.05, 0) is 68.1 Å². The smallest absolute Gasteiger partial charge is 0.328 e. The maximum absolute atomic E-state index is 11.0. The van der Waals surface area contributed by atoms with Crippen LogP contribution < -0.4 is 16.6 Å². The van der Waals surface area contributed by atoms with Crippen molar-refractivity contribution >= 4 is 6.03 Å². The predicted molar refractivity (Wildman–Crippen MR) is 65.9 cm³/mol. The molecule has 2 amide bonds. The Kier molecular flexibility index (Phi) is 2.99. The first kappa shape index (κ1) is 11.3. The highest BCUT2D eigenvalue weighted by molar-refractivity contribution is 5.72. The van der Waals surface area contributed by atoms with Crippen LogP contribution in [0.2, 0.25) is 0 Å². The van der Waals surface area contributed by atoms with E-state index in [1.165, 1.54) is 32.1 Å². The first-order chi connectivity index (χ1) is 8.26. The molecule has 4 rings (SSSR count). The Morgan fingerprint density at radius 1 is 1.06 bits per heavy atom. The number of hydrazine groups is 1. The normalized spacial score (nSPS) is 42.5. The molecule has 0 saturated heterocycles. The molecule has 0 heterocycles. The van der Waals surface area contributed by atoms with E-state index in [1.807, 2.05) is 0 Å². The van der Waals surface area contributed by atoms with Crippen LogP contribution in [0.15, 0.2) is 0 Å². The molecule has 17 heavy (non-hydrogen) atoms.